The number of rotatable bonds is 2. The minimum Gasteiger partial charge on any atom is -0.496 e. The second kappa shape index (κ2) is 4.38. The Morgan fingerprint density at radius 3 is 2.94 bits per heavy atom. The van der Waals surface area contributed by atoms with Gasteiger partial charge < -0.3 is 9.72 Å². The van der Waals surface area contributed by atoms with Gasteiger partial charge in [-0.25, -0.2) is 15.0 Å². The van der Waals surface area contributed by atoms with Crippen molar-refractivity contribution in [1.29, 1.82) is 0 Å². The van der Waals surface area contributed by atoms with Crippen LogP contribution in [0.15, 0.2) is 35.2 Å². The fraction of sp³-hybridized carbons (Fsp3) is 0.0833. The second-order valence-corrected chi connectivity index (χ2v) is 4.55. The lowest BCUT2D eigenvalue weighted by Gasteiger charge is -2.04. The number of benzene rings is 1. The largest absolute Gasteiger partial charge is 0.496 e. The summed E-state index contributed by atoms with van der Waals surface area (Å²) in [5, 5.41) is 0. The SMILES string of the molecule is COc1ccc(-c2nc3ncncc3[nH]2)cc1Br. The fourth-order valence-corrected chi connectivity index (χ4v) is 2.25. The van der Waals surface area contributed by atoms with Crippen LogP contribution in [0.2, 0.25) is 0 Å². The maximum absolute atomic E-state index is 5.19. The van der Waals surface area contributed by atoms with Gasteiger partial charge in [-0.2, -0.15) is 0 Å². The highest BCUT2D eigenvalue weighted by Crippen LogP contribution is 2.29. The molecular formula is C12H9BrN4O. The van der Waals surface area contributed by atoms with E-state index in [9.17, 15) is 0 Å². The molecule has 1 N–H and O–H groups in total. The van der Waals surface area contributed by atoms with E-state index in [1.54, 1.807) is 13.3 Å². The minimum absolute atomic E-state index is 0.659. The lowest BCUT2D eigenvalue weighted by molar-refractivity contribution is 0.412. The molecule has 0 spiro atoms. The van der Waals surface area contributed by atoms with Crippen molar-refractivity contribution in [1.82, 2.24) is 19.9 Å². The predicted molar refractivity (Wildman–Crippen MR) is 71.4 cm³/mol. The third kappa shape index (κ3) is 1.84. The van der Waals surface area contributed by atoms with Crippen LogP contribution in [-0.2, 0) is 0 Å². The zero-order valence-electron chi connectivity index (χ0n) is 9.51. The molecule has 0 saturated heterocycles. The average Bonchev–Trinajstić information content (AvgIpc) is 2.82. The number of nitrogens with one attached hydrogen (secondary N) is 1. The van der Waals surface area contributed by atoms with Crippen LogP contribution in [-0.4, -0.2) is 27.0 Å². The molecule has 5 nitrogen and oxygen atoms in total. The highest BCUT2D eigenvalue weighted by atomic mass is 79.9. The van der Waals surface area contributed by atoms with E-state index in [0.717, 1.165) is 27.1 Å². The van der Waals surface area contributed by atoms with Crippen molar-refractivity contribution >= 4 is 27.1 Å². The van der Waals surface area contributed by atoms with Crippen molar-refractivity contribution in [2.24, 2.45) is 0 Å². The lowest BCUT2D eigenvalue weighted by atomic mass is 10.2. The number of fused-ring (bicyclic) bond motifs is 1. The van der Waals surface area contributed by atoms with Gasteiger partial charge in [0.15, 0.2) is 5.65 Å². The number of hydrogen-bond acceptors (Lipinski definition) is 4. The first kappa shape index (κ1) is 11.2. The Morgan fingerprint density at radius 2 is 2.22 bits per heavy atom. The first-order chi connectivity index (χ1) is 8.78. The van der Waals surface area contributed by atoms with E-state index >= 15 is 0 Å². The van der Waals surface area contributed by atoms with Gasteiger partial charge in [0.25, 0.3) is 0 Å². The molecule has 6 heteroatoms. The maximum Gasteiger partial charge on any atom is 0.181 e. The zero-order chi connectivity index (χ0) is 12.5. The Morgan fingerprint density at radius 1 is 1.33 bits per heavy atom. The molecule has 90 valence electrons. The molecule has 3 aromatic rings. The lowest BCUT2D eigenvalue weighted by Crippen LogP contribution is -1.86. The summed E-state index contributed by atoms with van der Waals surface area (Å²) in [4.78, 5) is 15.6. The van der Waals surface area contributed by atoms with Gasteiger partial charge in [0.2, 0.25) is 0 Å². The Hall–Kier alpha value is -1.95. The van der Waals surface area contributed by atoms with Crippen molar-refractivity contribution < 1.29 is 4.74 Å². The number of halogens is 1. The Balaban J connectivity index is 2.11. The predicted octanol–water partition coefficient (Wildman–Crippen LogP) is 2.79. The number of nitrogens with zero attached hydrogens (tertiary/aromatic N) is 3. The van der Waals surface area contributed by atoms with E-state index in [1.165, 1.54) is 6.33 Å². The smallest absolute Gasteiger partial charge is 0.181 e. The van der Waals surface area contributed by atoms with Crippen molar-refractivity contribution in [3.05, 3.63) is 35.2 Å². The summed E-state index contributed by atoms with van der Waals surface area (Å²) in [6.07, 6.45) is 3.19. The molecule has 18 heavy (non-hydrogen) atoms. The Bertz CT molecular complexity index is 677. The third-order valence-electron chi connectivity index (χ3n) is 2.59. The number of aromatic amines is 1. The van der Waals surface area contributed by atoms with E-state index < -0.39 is 0 Å². The summed E-state index contributed by atoms with van der Waals surface area (Å²) in [5.41, 5.74) is 2.44. The van der Waals surface area contributed by atoms with Crippen LogP contribution in [0.4, 0.5) is 0 Å². The summed E-state index contributed by atoms with van der Waals surface area (Å²) in [7, 11) is 1.64. The van der Waals surface area contributed by atoms with Gasteiger partial charge in [-0.1, -0.05) is 0 Å². The molecule has 0 fully saturated rings. The highest BCUT2D eigenvalue weighted by Gasteiger charge is 2.08. The summed E-state index contributed by atoms with van der Waals surface area (Å²) < 4.78 is 6.08. The van der Waals surface area contributed by atoms with Crippen LogP contribution in [0.1, 0.15) is 0 Å². The molecule has 0 aliphatic heterocycles. The number of ether oxygens (including phenoxy) is 1. The number of imidazole rings is 1. The standard InChI is InChI=1S/C12H9BrN4O/c1-18-10-3-2-7(4-8(10)13)11-16-9-5-14-6-15-12(9)17-11/h2-6H,1H3,(H,14,15,16,17). The second-order valence-electron chi connectivity index (χ2n) is 3.69. The number of hydrogen-bond donors (Lipinski definition) is 1. The van der Waals surface area contributed by atoms with Crippen LogP contribution in [0.3, 0.4) is 0 Å². The molecule has 0 atom stereocenters. The molecular weight excluding hydrogens is 296 g/mol. The summed E-state index contributed by atoms with van der Waals surface area (Å²) >= 11 is 3.45. The van der Waals surface area contributed by atoms with Crippen LogP contribution >= 0.6 is 15.9 Å². The van der Waals surface area contributed by atoms with Gasteiger partial charge in [0.1, 0.15) is 23.4 Å². The topological polar surface area (TPSA) is 63.7 Å². The van der Waals surface area contributed by atoms with Crippen LogP contribution in [0.25, 0.3) is 22.6 Å². The molecule has 0 aliphatic carbocycles. The molecule has 3 rings (SSSR count). The number of methoxy groups -OCH3 is 1. The van der Waals surface area contributed by atoms with Gasteiger partial charge in [0, 0.05) is 5.56 Å². The van der Waals surface area contributed by atoms with Gasteiger partial charge >= 0.3 is 0 Å². The van der Waals surface area contributed by atoms with E-state index in [2.05, 4.69) is 35.9 Å². The van der Waals surface area contributed by atoms with Crippen molar-refractivity contribution in [3.63, 3.8) is 0 Å². The van der Waals surface area contributed by atoms with Gasteiger partial charge in [-0.05, 0) is 34.1 Å². The van der Waals surface area contributed by atoms with Crippen molar-refractivity contribution in [2.75, 3.05) is 7.11 Å². The van der Waals surface area contributed by atoms with Crippen LogP contribution in [0.5, 0.6) is 5.75 Å². The molecule has 2 heterocycles. The molecule has 0 aliphatic rings. The average molecular weight is 305 g/mol. The molecule has 2 aromatic heterocycles. The molecule has 0 amide bonds. The first-order valence-electron chi connectivity index (χ1n) is 5.27. The minimum atomic E-state index is 0.659. The van der Waals surface area contributed by atoms with Crippen molar-refractivity contribution in [2.45, 2.75) is 0 Å². The zero-order valence-corrected chi connectivity index (χ0v) is 11.1. The van der Waals surface area contributed by atoms with Crippen LogP contribution < -0.4 is 4.74 Å². The normalized spacial score (nSPS) is 10.8. The summed E-state index contributed by atoms with van der Waals surface area (Å²) in [6, 6.07) is 5.77. The molecule has 0 radical (unpaired) electrons. The summed E-state index contributed by atoms with van der Waals surface area (Å²) in [5.74, 6) is 1.54. The van der Waals surface area contributed by atoms with Gasteiger partial charge in [-0.3, -0.25) is 0 Å². The van der Waals surface area contributed by atoms with E-state index in [0.29, 0.717) is 5.65 Å². The number of H-pyrrole nitrogens is 1. The number of aromatic nitrogens is 4. The maximum atomic E-state index is 5.19. The van der Waals surface area contributed by atoms with Gasteiger partial charge in [0.05, 0.1) is 17.8 Å². The fourth-order valence-electron chi connectivity index (χ4n) is 1.71. The molecule has 1 aromatic carbocycles. The van der Waals surface area contributed by atoms with Gasteiger partial charge in [-0.15, -0.1) is 0 Å². The molecule has 0 saturated carbocycles. The van der Waals surface area contributed by atoms with Crippen molar-refractivity contribution in [3.8, 4) is 17.1 Å². The Labute approximate surface area is 111 Å². The first-order valence-corrected chi connectivity index (χ1v) is 6.07. The molecule has 0 unspecified atom stereocenters. The van der Waals surface area contributed by atoms with E-state index in [4.69, 9.17) is 4.74 Å². The Kier molecular flexibility index (Phi) is 2.71. The molecule has 0 bridgehead atoms. The monoisotopic (exact) mass is 304 g/mol. The third-order valence-corrected chi connectivity index (χ3v) is 3.21. The summed E-state index contributed by atoms with van der Waals surface area (Å²) in [6.45, 7) is 0. The van der Waals surface area contributed by atoms with Crippen LogP contribution in [0, 0.1) is 0 Å². The van der Waals surface area contributed by atoms with E-state index in [-0.39, 0.29) is 0 Å². The quantitative estimate of drug-likeness (QED) is 0.791. The highest BCUT2D eigenvalue weighted by molar-refractivity contribution is 9.10. The van der Waals surface area contributed by atoms with E-state index in [1.807, 2.05) is 18.2 Å².